The van der Waals surface area contributed by atoms with Gasteiger partial charge in [-0.05, 0) is 30.7 Å². The molecule has 2 aromatic heterocycles. The first-order valence-electron chi connectivity index (χ1n) is 11.4. The average Bonchev–Trinajstić information content (AvgIpc) is 3.14. The van der Waals surface area contributed by atoms with Crippen LogP contribution in [0, 0.1) is 6.92 Å². The number of allylic oxidation sites excluding steroid dienone is 2. The van der Waals surface area contributed by atoms with Crippen LogP contribution < -0.4 is 4.74 Å². The van der Waals surface area contributed by atoms with Crippen LogP contribution in [0.4, 0.5) is 4.79 Å². The zero-order valence-electron chi connectivity index (χ0n) is 20.6. The second-order valence-electron chi connectivity index (χ2n) is 8.82. The van der Waals surface area contributed by atoms with Gasteiger partial charge in [0.05, 0.1) is 5.02 Å². The number of aryl methyl sites for hydroxylation is 1. The second-order valence-corrected chi connectivity index (χ2v) is 9.23. The third-order valence-corrected chi connectivity index (χ3v) is 6.42. The van der Waals surface area contributed by atoms with Crippen molar-refractivity contribution in [2.75, 3.05) is 34.2 Å². The molecule has 1 saturated heterocycles. The lowest BCUT2D eigenvalue weighted by Gasteiger charge is -2.21. The Morgan fingerprint density at radius 1 is 1.29 bits per heavy atom. The van der Waals surface area contributed by atoms with Gasteiger partial charge in [0.15, 0.2) is 0 Å². The van der Waals surface area contributed by atoms with Gasteiger partial charge in [0.25, 0.3) is 0 Å². The number of hydrogen-bond donors (Lipinski definition) is 0. The van der Waals surface area contributed by atoms with Gasteiger partial charge in [-0.25, -0.2) is 9.78 Å². The molecule has 35 heavy (non-hydrogen) atoms. The maximum atomic E-state index is 12.4. The molecular weight excluding hydrogens is 462 g/mol. The van der Waals surface area contributed by atoms with Crippen LogP contribution in [0.25, 0.3) is 16.6 Å². The second kappa shape index (κ2) is 10.4. The first-order chi connectivity index (χ1) is 16.8. The van der Waals surface area contributed by atoms with Crippen molar-refractivity contribution in [3.05, 3.63) is 82.8 Å². The van der Waals surface area contributed by atoms with Gasteiger partial charge in [-0.3, -0.25) is 4.98 Å². The summed E-state index contributed by atoms with van der Waals surface area (Å²) in [6, 6.07) is 8.00. The predicted octanol–water partition coefficient (Wildman–Crippen LogP) is 5.13. The van der Waals surface area contributed by atoms with Crippen LogP contribution in [0.1, 0.15) is 22.4 Å². The number of rotatable bonds is 8. The standard InChI is InChI=1S/C27H30ClN5O2/c1-6-8-24(31(3)4)21-13-18(2)30-26-20(21)9-7-10-25(26)35-17-22-19(14-29-15-23(22)28)16-33-12-11-32(5)27(33)34/h6-10,13-15H,1,11-12,16-17H2,2-5H3/b24-8-. The molecule has 2 amide bonds. The van der Waals surface area contributed by atoms with Gasteiger partial charge in [0.1, 0.15) is 17.9 Å². The Kier molecular flexibility index (Phi) is 7.26. The average molecular weight is 492 g/mol. The monoisotopic (exact) mass is 491 g/mol. The Morgan fingerprint density at radius 2 is 2.09 bits per heavy atom. The van der Waals surface area contributed by atoms with Gasteiger partial charge in [-0.2, -0.15) is 0 Å². The van der Waals surface area contributed by atoms with Crippen LogP contribution in [0.5, 0.6) is 5.75 Å². The molecular formula is C27H30ClN5O2. The van der Waals surface area contributed by atoms with Crippen molar-refractivity contribution in [3.63, 3.8) is 0 Å². The summed E-state index contributed by atoms with van der Waals surface area (Å²) in [6.45, 7) is 7.89. The molecule has 1 fully saturated rings. The molecule has 0 aliphatic carbocycles. The van der Waals surface area contributed by atoms with Crippen molar-refractivity contribution in [2.24, 2.45) is 0 Å². The minimum Gasteiger partial charge on any atom is -0.487 e. The SMILES string of the molecule is C=C/C=C(/c1cc(C)nc2c(OCc3c(Cl)cncc3CN3CCN(C)C3=O)cccc12)N(C)C. The van der Waals surface area contributed by atoms with E-state index in [1.54, 1.807) is 35.3 Å². The van der Waals surface area contributed by atoms with Crippen LogP contribution >= 0.6 is 11.6 Å². The third kappa shape index (κ3) is 5.10. The molecule has 0 radical (unpaired) electrons. The smallest absolute Gasteiger partial charge is 0.320 e. The van der Waals surface area contributed by atoms with E-state index in [1.165, 1.54) is 0 Å². The summed E-state index contributed by atoms with van der Waals surface area (Å²) in [6.07, 6.45) is 7.13. The topological polar surface area (TPSA) is 61.8 Å². The largest absolute Gasteiger partial charge is 0.487 e. The molecule has 0 bridgehead atoms. The van der Waals surface area contributed by atoms with Gasteiger partial charge in [-0.15, -0.1) is 0 Å². The van der Waals surface area contributed by atoms with Crippen LogP contribution in [-0.4, -0.2) is 64.9 Å². The number of nitrogens with zero attached hydrogens (tertiary/aromatic N) is 5. The van der Waals surface area contributed by atoms with Crippen LogP contribution in [0.15, 0.2) is 55.4 Å². The van der Waals surface area contributed by atoms with E-state index < -0.39 is 0 Å². The molecule has 3 aromatic rings. The minimum absolute atomic E-state index is 0.00220. The zero-order chi connectivity index (χ0) is 25.1. The molecule has 0 saturated carbocycles. The highest BCUT2D eigenvalue weighted by Crippen LogP contribution is 2.33. The van der Waals surface area contributed by atoms with E-state index >= 15 is 0 Å². The van der Waals surface area contributed by atoms with Crippen LogP contribution in [0.2, 0.25) is 5.02 Å². The van der Waals surface area contributed by atoms with Gasteiger partial charge in [0, 0.05) is 81.1 Å². The number of likely N-dealkylation sites (N-methyl/N-ethyl adjacent to an activating group) is 1. The quantitative estimate of drug-likeness (QED) is 0.409. The number of urea groups is 1. The highest BCUT2D eigenvalue weighted by atomic mass is 35.5. The van der Waals surface area contributed by atoms with Gasteiger partial charge in [-0.1, -0.05) is 36.4 Å². The Hall–Kier alpha value is -3.58. The van der Waals surface area contributed by atoms with Crippen molar-refractivity contribution in [1.82, 2.24) is 24.7 Å². The molecule has 0 unspecified atom stereocenters. The molecule has 3 heterocycles. The summed E-state index contributed by atoms with van der Waals surface area (Å²) < 4.78 is 6.31. The lowest BCUT2D eigenvalue weighted by Crippen LogP contribution is -2.29. The number of ether oxygens (including phenoxy) is 1. The zero-order valence-corrected chi connectivity index (χ0v) is 21.3. The molecule has 0 spiro atoms. The summed E-state index contributed by atoms with van der Waals surface area (Å²) in [5, 5.41) is 1.50. The first-order valence-corrected chi connectivity index (χ1v) is 11.8. The molecule has 1 aromatic carbocycles. The number of aromatic nitrogens is 2. The van der Waals surface area contributed by atoms with E-state index in [4.69, 9.17) is 21.3 Å². The number of hydrogen-bond acceptors (Lipinski definition) is 5. The fourth-order valence-corrected chi connectivity index (χ4v) is 4.51. The Bertz CT molecular complexity index is 1300. The summed E-state index contributed by atoms with van der Waals surface area (Å²) in [5.41, 5.74) is 5.45. The number of amides is 2. The van der Waals surface area contributed by atoms with Crippen molar-refractivity contribution in [2.45, 2.75) is 20.1 Å². The van der Waals surface area contributed by atoms with Crippen molar-refractivity contribution >= 4 is 34.2 Å². The van der Waals surface area contributed by atoms with Crippen molar-refractivity contribution in [1.29, 1.82) is 0 Å². The predicted molar refractivity (Wildman–Crippen MR) is 140 cm³/mol. The van der Waals surface area contributed by atoms with E-state index in [-0.39, 0.29) is 12.6 Å². The van der Waals surface area contributed by atoms with Crippen molar-refractivity contribution < 1.29 is 9.53 Å². The lowest BCUT2D eigenvalue weighted by atomic mass is 10.0. The highest BCUT2D eigenvalue weighted by Gasteiger charge is 2.26. The number of benzene rings is 1. The number of halogens is 1. The normalized spacial score (nSPS) is 14.1. The molecule has 8 heteroatoms. The van der Waals surface area contributed by atoms with Gasteiger partial charge in [0.2, 0.25) is 0 Å². The molecule has 7 nitrogen and oxygen atoms in total. The number of carbonyl (C=O) groups is 1. The Balaban J connectivity index is 1.67. The summed E-state index contributed by atoms with van der Waals surface area (Å²) >= 11 is 6.53. The van der Waals surface area contributed by atoms with Crippen molar-refractivity contribution in [3.8, 4) is 5.75 Å². The third-order valence-electron chi connectivity index (χ3n) is 6.09. The summed E-state index contributed by atoms with van der Waals surface area (Å²) in [7, 11) is 5.82. The van der Waals surface area contributed by atoms with Crippen LogP contribution in [-0.2, 0) is 13.2 Å². The highest BCUT2D eigenvalue weighted by molar-refractivity contribution is 6.31. The van der Waals surface area contributed by atoms with Gasteiger partial charge < -0.3 is 19.4 Å². The Labute approximate surface area is 211 Å². The first kappa shape index (κ1) is 24.5. The van der Waals surface area contributed by atoms with Crippen LogP contribution in [0.3, 0.4) is 0 Å². The number of pyridine rings is 2. The lowest BCUT2D eigenvalue weighted by molar-refractivity contribution is 0.196. The molecule has 0 N–H and O–H groups in total. The van der Waals surface area contributed by atoms with Gasteiger partial charge >= 0.3 is 6.03 Å². The van der Waals surface area contributed by atoms with E-state index in [9.17, 15) is 4.79 Å². The van der Waals surface area contributed by atoms with E-state index in [1.807, 2.05) is 45.3 Å². The number of fused-ring (bicyclic) bond motifs is 1. The number of para-hydroxylation sites is 1. The minimum atomic E-state index is 0.00220. The fraction of sp³-hybridized carbons (Fsp3) is 0.296. The molecule has 1 aliphatic rings. The van der Waals surface area contributed by atoms with E-state index in [0.29, 0.717) is 30.4 Å². The molecule has 182 valence electrons. The fourth-order valence-electron chi connectivity index (χ4n) is 4.28. The summed E-state index contributed by atoms with van der Waals surface area (Å²) in [5.74, 6) is 0.667. The molecule has 4 rings (SSSR count). The summed E-state index contributed by atoms with van der Waals surface area (Å²) in [4.78, 5) is 27.0. The number of carbonyl (C=O) groups excluding carboxylic acids is 1. The maximum Gasteiger partial charge on any atom is 0.320 e. The Morgan fingerprint density at radius 3 is 2.77 bits per heavy atom. The van der Waals surface area contributed by atoms with E-state index in [0.717, 1.165) is 39.0 Å². The maximum absolute atomic E-state index is 12.4. The molecule has 0 atom stereocenters. The molecule has 1 aliphatic heterocycles. The van der Waals surface area contributed by atoms with E-state index in [2.05, 4.69) is 22.5 Å².